The third-order valence-corrected chi connectivity index (χ3v) is 4.76. The number of hydrogen-bond donors (Lipinski definition) is 2. The number of ether oxygens (including phenoxy) is 1. The van der Waals surface area contributed by atoms with Crippen LogP contribution in [0.3, 0.4) is 0 Å². The van der Waals surface area contributed by atoms with E-state index in [1.807, 2.05) is 6.92 Å². The van der Waals surface area contributed by atoms with E-state index >= 15 is 0 Å². The van der Waals surface area contributed by atoms with Gasteiger partial charge in [-0.2, -0.15) is 0 Å². The van der Waals surface area contributed by atoms with Gasteiger partial charge in [0.2, 0.25) is 10.0 Å². The fourth-order valence-electron chi connectivity index (χ4n) is 1.70. The molecule has 0 amide bonds. The molecular weight excluding hydrogens is 254 g/mol. The van der Waals surface area contributed by atoms with E-state index in [0.29, 0.717) is 5.56 Å². The lowest BCUT2D eigenvalue weighted by Gasteiger charge is -2.15. The Morgan fingerprint density at radius 3 is 2.61 bits per heavy atom. The molecule has 0 radical (unpaired) electrons. The van der Waals surface area contributed by atoms with E-state index in [0.717, 1.165) is 12.8 Å². The largest absolute Gasteiger partial charge is 0.495 e. The van der Waals surface area contributed by atoms with E-state index in [9.17, 15) is 8.42 Å². The standard InChI is InChI=1S/C12H17NO4S/c1-12(5-6-12)13-18(15,16)11-4-3-9(8-14)7-10(11)17-2/h3-4,7,13-14H,5-6,8H2,1-2H3. The fraction of sp³-hybridized carbons (Fsp3) is 0.500. The summed E-state index contributed by atoms with van der Waals surface area (Å²) >= 11 is 0. The van der Waals surface area contributed by atoms with Crippen LogP contribution in [0.25, 0.3) is 0 Å². The van der Waals surface area contributed by atoms with E-state index in [1.54, 1.807) is 6.07 Å². The molecule has 1 aromatic rings. The summed E-state index contributed by atoms with van der Waals surface area (Å²) < 4.78 is 32.2. The predicted octanol–water partition coefficient (Wildman–Crippen LogP) is 1.02. The lowest BCUT2D eigenvalue weighted by Crippen LogP contribution is -2.34. The molecule has 2 rings (SSSR count). The molecule has 0 atom stereocenters. The number of benzene rings is 1. The predicted molar refractivity (Wildman–Crippen MR) is 66.9 cm³/mol. The molecule has 0 unspecified atom stereocenters. The maximum absolute atomic E-state index is 12.2. The van der Waals surface area contributed by atoms with Crippen LogP contribution in [-0.4, -0.2) is 26.2 Å². The van der Waals surface area contributed by atoms with Gasteiger partial charge in [-0.05, 0) is 37.5 Å². The van der Waals surface area contributed by atoms with Crippen molar-refractivity contribution in [1.29, 1.82) is 0 Å². The molecule has 0 heterocycles. The lowest BCUT2D eigenvalue weighted by molar-refractivity contribution is 0.280. The van der Waals surface area contributed by atoms with Crippen molar-refractivity contribution >= 4 is 10.0 Å². The molecule has 6 heteroatoms. The van der Waals surface area contributed by atoms with Crippen molar-refractivity contribution in [2.24, 2.45) is 0 Å². The molecule has 2 N–H and O–H groups in total. The minimum absolute atomic E-state index is 0.107. The highest BCUT2D eigenvalue weighted by molar-refractivity contribution is 7.89. The van der Waals surface area contributed by atoms with Crippen molar-refractivity contribution in [3.05, 3.63) is 23.8 Å². The normalized spacial score (nSPS) is 17.5. The lowest BCUT2D eigenvalue weighted by atomic mass is 10.2. The Kier molecular flexibility index (Phi) is 3.35. The molecule has 100 valence electrons. The van der Waals surface area contributed by atoms with Gasteiger partial charge in [0.15, 0.2) is 0 Å². The number of nitrogens with one attached hydrogen (secondary N) is 1. The van der Waals surface area contributed by atoms with Crippen molar-refractivity contribution in [3.8, 4) is 5.75 Å². The van der Waals surface area contributed by atoms with Crippen LogP contribution in [0.4, 0.5) is 0 Å². The maximum Gasteiger partial charge on any atom is 0.244 e. The first-order chi connectivity index (χ1) is 8.40. The highest BCUT2D eigenvalue weighted by Gasteiger charge is 2.41. The van der Waals surface area contributed by atoms with E-state index in [1.165, 1.54) is 19.2 Å². The molecule has 5 nitrogen and oxygen atoms in total. The summed E-state index contributed by atoms with van der Waals surface area (Å²) in [6.07, 6.45) is 1.70. The third-order valence-electron chi connectivity index (χ3n) is 3.08. The highest BCUT2D eigenvalue weighted by Crippen LogP contribution is 2.37. The Morgan fingerprint density at radius 1 is 1.44 bits per heavy atom. The molecule has 1 saturated carbocycles. The molecule has 1 aliphatic carbocycles. The van der Waals surface area contributed by atoms with Gasteiger partial charge in [0.05, 0.1) is 13.7 Å². The van der Waals surface area contributed by atoms with Gasteiger partial charge in [0.1, 0.15) is 10.6 Å². The molecular formula is C12H17NO4S. The maximum atomic E-state index is 12.2. The van der Waals surface area contributed by atoms with Gasteiger partial charge in [-0.25, -0.2) is 13.1 Å². The van der Waals surface area contributed by atoms with Gasteiger partial charge < -0.3 is 9.84 Å². The minimum atomic E-state index is -3.58. The van der Waals surface area contributed by atoms with E-state index < -0.39 is 10.0 Å². The van der Waals surface area contributed by atoms with Gasteiger partial charge in [-0.1, -0.05) is 6.07 Å². The van der Waals surface area contributed by atoms with Crippen LogP contribution in [0.15, 0.2) is 23.1 Å². The Morgan fingerprint density at radius 2 is 2.11 bits per heavy atom. The molecule has 0 spiro atoms. The van der Waals surface area contributed by atoms with Crippen molar-refractivity contribution in [1.82, 2.24) is 4.72 Å². The van der Waals surface area contributed by atoms with E-state index in [-0.39, 0.29) is 22.8 Å². The quantitative estimate of drug-likeness (QED) is 0.838. The summed E-state index contributed by atoms with van der Waals surface area (Å²) in [7, 11) is -2.17. The zero-order chi connectivity index (χ0) is 13.4. The number of methoxy groups -OCH3 is 1. The molecule has 1 fully saturated rings. The topological polar surface area (TPSA) is 75.6 Å². The summed E-state index contributed by atoms with van der Waals surface area (Å²) in [6.45, 7) is 1.72. The van der Waals surface area contributed by atoms with Crippen LogP contribution in [0.5, 0.6) is 5.75 Å². The third kappa shape index (κ3) is 2.66. The van der Waals surface area contributed by atoms with Crippen molar-refractivity contribution in [2.75, 3.05) is 7.11 Å². The first kappa shape index (κ1) is 13.3. The van der Waals surface area contributed by atoms with Crippen LogP contribution in [0, 0.1) is 0 Å². The number of sulfonamides is 1. The Hall–Kier alpha value is -1.11. The first-order valence-electron chi connectivity index (χ1n) is 5.72. The van der Waals surface area contributed by atoms with Crippen molar-refractivity contribution < 1.29 is 18.3 Å². The van der Waals surface area contributed by atoms with Crippen molar-refractivity contribution in [3.63, 3.8) is 0 Å². The van der Waals surface area contributed by atoms with Crippen LogP contribution in [0.2, 0.25) is 0 Å². The monoisotopic (exact) mass is 271 g/mol. The fourth-order valence-corrected chi connectivity index (χ4v) is 3.32. The summed E-state index contributed by atoms with van der Waals surface area (Å²) in [5, 5.41) is 9.03. The second kappa shape index (κ2) is 4.53. The summed E-state index contributed by atoms with van der Waals surface area (Å²) in [4.78, 5) is 0.107. The van der Waals surface area contributed by atoms with Crippen LogP contribution >= 0.6 is 0 Å². The zero-order valence-corrected chi connectivity index (χ0v) is 11.3. The Bertz CT molecular complexity index is 549. The number of hydrogen-bond acceptors (Lipinski definition) is 4. The second-order valence-electron chi connectivity index (χ2n) is 4.81. The Labute approximate surface area is 107 Å². The van der Waals surface area contributed by atoms with Crippen LogP contribution in [0.1, 0.15) is 25.3 Å². The van der Waals surface area contributed by atoms with Crippen LogP contribution < -0.4 is 9.46 Å². The molecule has 18 heavy (non-hydrogen) atoms. The van der Waals surface area contributed by atoms with Gasteiger partial charge >= 0.3 is 0 Å². The average molecular weight is 271 g/mol. The van der Waals surface area contributed by atoms with Gasteiger partial charge in [-0.3, -0.25) is 0 Å². The first-order valence-corrected chi connectivity index (χ1v) is 7.20. The number of rotatable bonds is 5. The number of aliphatic hydroxyl groups excluding tert-OH is 1. The summed E-state index contributed by atoms with van der Waals surface area (Å²) in [5.74, 6) is 0.248. The molecule has 0 bridgehead atoms. The van der Waals surface area contributed by atoms with E-state index in [2.05, 4.69) is 4.72 Å². The minimum Gasteiger partial charge on any atom is -0.495 e. The average Bonchev–Trinajstić information content (AvgIpc) is 3.04. The van der Waals surface area contributed by atoms with Crippen LogP contribution in [-0.2, 0) is 16.6 Å². The van der Waals surface area contributed by atoms with Gasteiger partial charge in [0, 0.05) is 5.54 Å². The smallest absolute Gasteiger partial charge is 0.244 e. The SMILES string of the molecule is COc1cc(CO)ccc1S(=O)(=O)NC1(C)CC1. The molecule has 1 aliphatic rings. The zero-order valence-electron chi connectivity index (χ0n) is 10.4. The molecule has 0 aromatic heterocycles. The second-order valence-corrected chi connectivity index (χ2v) is 6.46. The summed E-state index contributed by atoms with van der Waals surface area (Å²) in [6, 6.07) is 4.56. The summed E-state index contributed by atoms with van der Waals surface area (Å²) in [5.41, 5.74) is 0.294. The van der Waals surface area contributed by atoms with Crippen molar-refractivity contribution in [2.45, 2.75) is 36.8 Å². The highest BCUT2D eigenvalue weighted by atomic mass is 32.2. The molecule has 1 aromatic carbocycles. The Balaban J connectivity index is 2.37. The van der Waals surface area contributed by atoms with Gasteiger partial charge in [0.25, 0.3) is 0 Å². The molecule has 0 saturated heterocycles. The number of aliphatic hydroxyl groups is 1. The molecule has 0 aliphatic heterocycles. The van der Waals surface area contributed by atoms with E-state index in [4.69, 9.17) is 9.84 Å². The van der Waals surface area contributed by atoms with Gasteiger partial charge in [-0.15, -0.1) is 0 Å².